The number of aliphatic imine (C=N–C) groups is 1. The first-order chi connectivity index (χ1) is 2.89. The van der Waals surface area contributed by atoms with Gasteiger partial charge in [0.1, 0.15) is 0 Å². The second kappa shape index (κ2) is 3.12. The van der Waals surface area contributed by atoms with Crippen LogP contribution in [0.5, 0.6) is 0 Å². The summed E-state index contributed by atoms with van der Waals surface area (Å²) in [5.41, 5.74) is 0. The zero-order valence-corrected chi connectivity index (χ0v) is 4.48. The molecule has 0 aromatic rings. The maximum atomic E-state index is 10.1. The minimum Gasteiger partial charge on any atom is -0.862 e. The Kier molecular flexibility index (Phi) is 3.15. The molecule has 0 saturated heterocycles. The summed E-state index contributed by atoms with van der Waals surface area (Å²) in [6.45, 7) is 0.763. The standard InChI is InChI=1S/C4H7NO.Li/c6-4-2-1-3-5-4;/h1-3H2,(H,5,6);/q;+1/p-1. The van der Waals surface area contributed by atoms with Crippen molar-refractivity contribution >= 4 is 5.90 Å². The van der Waals surface area contributed by atoms with E-state index in [4.69, 9.17) is 0 Å². The molecule has 0 aromatic heterocycles. The first-order valence-corrected chi connectivity index (χ1v) is 2.10. The average Bonchev–Trinajstić information content (AvgIpc) is 1.86. The fraction of sp³-hybridized carbons (Fsp3) is 0.750. The molecule has 0 unspecified atom stereocenters. The Morgan fingerprint density at radius 3 is 2.43 bits per heavy atom. The minimum absolute atomic E-state index is 0. The molecule has 0 saturated carbocycles. The van der Waals surface area contributed by atoms with Crippen molar-refractivity contribution in [1.29, 1.82) is 0 Å². The van der Waals surface area contributed by atoms with E-state index in [2.05, 4.69) is 4.99 Å². The number of hydrogen-bond donors (Lipinski definition) is 0. The van der Waals surface area contributed by atoms with Gasteiger partial charge in [-0.05, 0) is 18.7 Å². The zero-order valence-electron chi connectivity index (χ0n) is 4.48. The van der Waals surface area contributed by atoms with Crippen molar-refractivity contribution in [2.75, 3.05) is 6.54 Å². The van der Waals surface area contributed by atoms with Gasteiger partial charge in [-0.15, -0.1) is 0 Å². The SMILES string of the molecule is [Li+].[O-]C1=NCCC1. The van der Waals surface area contributed by atoms with E-state index in [-0.39, 0.29) is 24.8 Å². The molecule has 2 nitrogen and oxygen atoms in total. The summed E-state index contributed by atoms with van der Waals surface area (Å²) in [4.78, 5) is 3.60. The predicted molar refractivity (Wildman–Crippen MR) is 21.5 cm³/mol. The number of hydrogen-bond acceptors (Lipinski definition) is 2. The van der Waals surface area contributed by atoms with Crippen molar-refractivity contribution in [3.8, 4) is 0 Å². The van der Waals surface area contributed by atoms with Gasteiger partial charge in [0.25, 0.3) is 0 Å². The molecule has 0 N–H and O–H groups in total. The molecule has 0 fully saturated rings. The molecule has 0 spiro atoms. The van der Waals surface area contributed by atoms with Crippen molar-refractivity contribution in [2.24, 2.45) is 4.99 Å². The number of rotatable bonds is 0. The summed E-state index contributed by atoms with van der Waals surface area (Å²) >= 11 is 0. The van der Waals surface area contributed by atoms with Gasteiger partial charge in [0.05, 0.1) is 0 Å². The molecule has 0 atom stereocenters. The van der Waals surface area contributed by atoms with Crippen LogP contribution in [0.2, 0.25) is 0 Å². The predicted octanol–water partition coefficient (Wildman–Crippen LogP) is -3.46. The third-order valence-corrected chi connectivity index (χ3v) is 0.837. The second-order valence-electron chi connectivity index (χ2n) is 1.38. The first kappa shape index (κ1) is 7.07. The van der Waals surface area contributed by atoms with Crippen molar-refractivity contribution in [3.63, 3.8) is 0 Å². The molecule has 0 bridgehead atoms. The van der Waals surface area contributed by atoms with Crippen molar-refractivity contribution in [3.05, 3.63) is 0 Å². The maximum absolute atomic E-state index is 10.1. The van der Waals surface area contributed by atoms with E-state index in [9.17, 15) is 5.11 Å². The molecule has 1 rings (SSSR count). The van der Waals surface area contributed by atoms with Gasteiger partial charge in [-0.3, -0.25) is 0 Å². The van der Waals surface area contributed by atoms with Crippen LogP contribution in [-0.4, -0.2) is 12.4 Å². The van der Waals surface area contributed by atoms with E-state index in [0.29, 0.717) is 6.42 Å². The quantitative estimate of drug-likeness (QED) is 0.285. The van der Waals surface area contributed by atoms with Gasteiger partial charge in [0, 0.05) is 6.54 Å². The van der Waals surface area contributed by atoms with E-state index >= 15 is 0 Å². The second-order valence-corrected chi connectivity index (χ2v) is 1.38. The largest absolute Gasteiger partial charge is 1.00 e. The summed E-state index contributed by atoms with van der Waals surface area (Å²) in [7, 11) is 0. The molecular weight excluding hydrogens is 85.0 g/mol. The Morgan fingerprint density at radius 1 is 1.57 bits per heavy atom. The van der Waals surface area contributed by atoms with Crippen molar-refractivity contribution in [2.45, 2.75) is 12.8 Å². The van der Waals surface area contributed by atoms with E-state index in [1.807, 2.05) is 0 Å². The summed E-state index contributed by atoms with van der Waals surface area (Å²) < 4.78 is 0. The Bertz CT molecular complexity index is 81.8. The molecule has 1 heterocycles. The molecule has 0 aliphatic carbocycles. The summed E-state index contributed by atoms with van der Waals surface area (Å²) in [6, 6.07) is 0. The van der Waals surface area contributed by atoms with E-state index in [1.54, 1.807) is 0 Å². The zero-order chi connectivity index (χ0) is 4.41. The third kappa shape index (κ3) is 2.01. The molecule has 3 heteroatoms. The molecular formula is C4H6LiNO. The van der Waals surface area contributed by atoms with E-state index in [1.165, 1.54) is 0 Å². The molecule has 7 heavy (non-hydrogen) atoms. The number of nitrogens with zero attached hydrogens (tertiary/aromatic N) is 1. The summed E-state index contributed by atoms with van der Waals surface area (Å²) in [6.07, 6.45) is 1.65. The van der Waals surface area contributed by atoms with Gasteiger partial charge in [0.15, 0.2) is 0 Å². The molecule has 1 aliphatic heterocycles. The van der Waals surface area contributed by atoms with Crippen LogP contribution in [-0.2, 0) is 0 Å². The van der Waals surface area contributed by atoms with Gasteiger partial charge < -0.3 is 10.1 Å². The van der Waals surface area contributed by atoms with Crippen LogP contribution in [0.25, 0.3) is 0 Å². The van der Waals surface area contributed by atoms with Crippen LogP contribution < -0.4 is 24.0 Å². The normalized spacial score (nSPS) is 18.0. The fourth-order valence-corrected chi connectivity index (χ4v) is 0.513. The van der Waals surface area contributed by atoms with Gasteiger partial charge >= 0.3 is 18.9 Å². The average molecular weight is 91.0 g/mol. The maximum Gasteiger partial charge on any atom is 1.00 e. The molecule has 0 aromatic carbocycles. The van der Waals surface area contributed by atoms with Gasteiger partial charge in [-0.1, -0.05) is 0 Å². The third-order valence-electron chi connectivity index (χ3n) is 0.837. The fourth-order valence-electron chi connectivity index (χ4n) is 0.513. The van der Waals surface area contributed by atoms with Crippen molar-refractivity contribution < 1.29 is 24.0 Å². The topological polar surface area (TPSA) is 35.4 Å². The van der Waals surface area contributed by atoms with Crippen LogP contribution in [0, 0.1) is 0 Å². The smallest absolute Gasteiger partial charge is 0.862 e. The van der Waals surface area contributed by atoms with Crippen molar-refractivity contribution in [1.82, 2.24) is 0 Å². The molecule has 0 radical (unpaired) electrons. The molecule has 0 amide bonds. The van der Waals surface area contributed by atoms with Crippen LogP contribution in [0.4, 0.5) is 0 Å². The van der Waals surface area contributed by atoms with Crippen LogP contribution >= 0.6 is 0 Å². The van der Waals surface area contributed by atoms with E-state index in [0.717, 1.165) is 13.0 Å². The van der Waals surface area contributed by atoms with Crippen LogP contribution in [0.3, 0.4) is 0 Å². The van der Waals surface area contributed by atoms with Gasteiger partial charge in [-0.25, -0.2) is 0 Å². The minimum atomic E-state index is 0. The monoisotopic (exact) mass is 91.1 g/mol. The van der Waals surface area contributed by atoms with Crippen LogP contribution in [0.1, 0.15) is 12.8 Å². The first-order valence-electron chi connectivity index (χ1n) is 2.10. The molecule has 1 aliphatic rings. The van der Waals surface area contributed by atoms with Gasteiger partial charge in [-0.2, -0.15) is 0 Å². The summed E-state index contributed by atoms with van der Waals surface area (Å²) in [5, 5.41) is 10.1. The Hall–Kier alpha value is 0.0674. The molecule has 34 valence electrons. The Balaban J connectivity index is 0.000000360. The van der Waals surface area contributed by atoms with Gasteiger partial charge in [0.2, 0.25) is 0 Å². The Morgan fingerprint density at radius 2 is 2.29 bits per heavy atom. The van der Waals surface area contributed by atoms with E-state index < -0.39 is 0 Å². The summed E-state index contributed by atoms with van der Waals surface area (Å²) in [5.74, 6) is 0.0787. The Labute approximate surface area is 54.8 Å². The van der Waals surface area contributed by atoms with Crippen LogP contribution in [0.15, 0.2) is 4.99 Å².